The first kappa shape index (κ1) is 12.4. The molecule has 100 valence electrons. The van der Waals surface area contributed by atoms with Gasteiger partial charge in [-0.15, -0.1) is 0 Å². The molecule has 0 spiro atoms. The highest BCUT2D eigenvalue weighted by Crippen LogP contribution is 2.19. The zero-order valence-corrected chi connectivity index (χ0v) is 11.4. The highest BCUT2D eigenvalue weighted by atomic mass is 16.1. The van der Waals surface area contributed by atoms with Crippen LogP contribution in [0.15, 0.2) is 35.1 Å². The molecule has 3 rings (SSSR count). The average molecular weight is 256 g/mol. The molecule has 1 aliphatic rings. The van der Waals surface area contributed by atoms with Crippen LogP contribution in [-0.4, -0.2) is 17.7 Å². The number of hydrogen-bond donors (Lipinski definition) is 1. The number of aromatic nitrogens is 1. The normalized spacial score (nSPS) is 16.9. The predicted molar refractivity (Wildman–Crippen MR) is 78.5 cm³/mol. The number of aryl methyl sites for hydroxylation is 1. The SMILES string of the molecule is Cn1c(=O)c(CC2CCNCC2)cc2ccccc21. The minimum Gasteiger partial charge on any atom is -0.317 e. The van der Waals surface area contributed by atoms with Crippen LogP contribution in [0.5, 0.6) is 0 Å². The Morgan fingerprint density at radius 1 is 1.26 bits per heavy atom. The molecule has 1 saturated heterocycles. The summed E-state index contributed by atoms with van der Waals surface area (Å²) in [5.74, 6) is 0.648. The molecule has 3 heteroatoms. The Labute approximate surface area is 113 Å². The lowest BCUT2D eigenvalue weighted by Gasteiger charge is -2.22. The Morgan fingerprint density at radius 3 is 2.79 bits per heavy atom. The van der Waals surface area contributed by atoms with Crippen molar-refractivity contribution in [1.82, 2.24) is 9.88 Å². The fourth-order valence-electron chi connectivity index (χ4n) is 3.03. The summed E-state index contributed by atoms with van der Waals surface area (Å²) in [5.41, 5.74) is 2.15. The van der Waals surface area contributed by atoms with Crippen molar-refractivity contribution < 1.29 is 0 Å². The van der Waals surface area contributed by atoms with E-state index in [-0.39, 0.29) is 5.56 Å². The van der Waals surface area contributed by atoms with Crippen LogP contribution < -0.4 is 10.9 Å². The molecule has 1 N–H and O–H groups in total. The molecule has 2 aromatic rings. The molecule has 0 radical (unpaired) electrons. The summed E-state index contributed by atoms with van der Waals surface area (Å²) >= 11 is 0. The molecule has 1 fully saturated rings. The van der Waals surface area contributed by atoms with Crippen LogP contribution in [0.4, 0.5) is 0 Å². The van der Waals surface area contributed by atoms with Gasteiger partial charge in [0.25, 0.3) is 5.56 Å². The van der Waals surface area contributed by atoms with Crippen molar-refractivity contribution in [2.24, 2.45) is 13.0 Å². The largest absolute Gasteiger partial charge is 0.317 e. The second-order valence-electron chi connectivity index (χ2n) is 5.49. The molecular formula is C16H20N2O. The smallest absolute Gasteiger partial charge is 0.253 e. The number of pyridine rings is 1. The number of nitrogens with one attached hydrogen (secondary N) is 1. The van der Waals surface area contributed by atoms with Crippen LogP contribution in [-0.2, 0) is 13.5 Å². The quantitative estimate of drug-likeness (QED) is 0.892. The van der Waals surface area contributed by atoms with E-state index in [1.54, 1.807) is 4.57 Å². The van der Waals surface area contributed by atoms with Gasteiger partial charge in [0.1, 0.15) is 0 Å². The van der Waals surface area contributed by atoms with Gasteiger partial charge in [0, 0.05) is 12.6 Å². The number of hydrogen-bond acceptors (Lipinski definition) is 2. The maximum atomic E-state index is 12.4. The molecule has 0 unspecified atom stereocenters. The first-order valence-corrected chi connectivity index (χ1v) is 7.04. The first-order valence-electron chi connectivity index (χ1n) is 7.04. The molecule has 1 aliphatic heterocycles. The second-order valence-corrected chi connectivity index (χ2v) is 5.49. The molecule has 0 saturated carbocycles. The Bertz CT molecular complexity index is 639. The molecule has 0 amide bonds. The highest BCUT2D eigenvalue weighted by molar-refractivity contribution is 5.79. The van der Waals surface area contributed by atoms with Crippen LogP contribution in [0.2, 0.25) is 0 Å². The van der Waals surface area contributed by atoms with E-state index in [1.165, 1.54) is 12.8 Å². The van der Waals surface area contributed by atoms with E-state index in [9.17, 15) is 4.79 Å². The topological polar surface area (TPSA) is 34.0 Å². The Morgan fingerprint density at radius 2 is 2.00 bits per heavy atom. The van der Waals surface area contributed by atoms with E-state index in [2.05, 4.69) is 17.4 Å². The van der Waals surface area contributed by atoms with Crippen molar-refractivity contribution in [3.63, 3.8) is 0 Å². The predicted octanol–water partition coefficient (Wildman–Crippen LogP) is 2.08. The Hall–Kier alpha value is -1.61. The fraction of sp³-hybridized carbons (Fsp3) is 0.438. The third-order valence-electron chi connectivity index (χ3n) is 4.17. The lowest BCUT2D eigenvalue weighted by molar-refractivity contribution is 0.371. The van der Waals surface area contributed by atoms with Crippen molar-refractivity contribution in [2.75, 3.05) is 13.1 Å². The summed E-state index contributed by atoms with van der Waals surface area (Å²) in [7, 11) is 1.87. The zero-order valence-electron chi connectivity index (χ0n) is 11.4. The molecule has 3 nitrogen and oxygen atoms in total. The number of benzene rings is 1. The summed E-state index contributed by atoms with van der Waals surface area (Å²) in [6, 6.07) is 10.2. The molecule has 0 atom stereocenters. The van der Waals surface area contributed by atoms with Gasteiger partial charge < -0.3 is 9.88 Å². The number of piperidine rings is 1. The second kappa shape index (κ2) is 5.17. The van der Waals surface area contributed by atoms with Gasteiger partial charge in [-0.05, 0) is 55.8 Å². The molecule has 1 aromatic carbocycles. The lowest BCUT2D eigenvalue weighted by atomic mass is 9.91. The summed E-state index contributed by atoms with van der Waals surface area (Å²) in [6.07, 6.45) is 3.27. The van der Waals surface area contributed by atoms with E-state index >= 15 is 0 Å². The van der Waals surface area contributed by atoms with Crippen LogP contribution in [0.3, 0.4) is 0 Å². The van der Waals surface area contributed by atoms with Gasteiger partial charge in [0.05, 0.1) is 5.52 Å². The van der Waals surface area contributed by atoms with E-state index < -0.39 is 0 Å². The summed E-state index contributed by atoms with van der Waals surface area (Å²) < 4.78 is 1.78. The van der Waals surface area contributed by atoms with E-state index in [0.717, 1.165) is 36.0 Å². The third-order valence-corrected chi connectivity index (χ3v) is 4.17. The third kappa shape index (κ3) is 2.43. The van der Waals surface area contributed by atoms with Crippen LogP contribution in [0.25, 0.3) is 10.9 Å². The molecule has 0 bridgehead atoms. The molecule has 0 aliphatic carbocycles. The highest BCUT2D eigenvalue weighted by Gasteiger charge is 2.16. The monoisotopic (exact) mass is 256 g/mol. The minimum absolute atomic E-state index is 0.164. The van der Waals surface area contributed by atoms with Gasteiger partial charge in [-0.25, -0.2) is 0 Å². The maximum absolute atomic E-state index is 12.4. The van der Waals surface area contributed by atoms with Gasteiger partial charge in [0.15, 0.2) is 0 Å². The first-order chi connectivity index (χ1) is 9.25. The van der Waals surface area contributed by atoms with Crippen molar-refractivity contribution in [3.05, 3.63) is 46.2 Å². The van der Waals surface area contributed by atoms with E-state index in [1.807, 2.05) is 25.2 Å². The summed E-state index contributed by atoms with van der Waals surface area (Å²) in [4.78, 5) is 12.4. The standard InChI is InChI=1S/C16H20N2O/c1-18-15-5-3-2-4-13(15)11-14(16(18)19)10-12-6-8-17-9-7-12/h2-5,11-12,17H,6-10H2,1H3. The Kier molecular flexibility index (Phi) is 3.38. The van der Waals surface area contributed by atoms with Crippen LogP contribution in [0, 0.1) is 5.92 Å². The van der Waals surface area contributed by atoms with Crippen molar-refractivity contribution >= 4 is 10.9 Å². The average Bonchev–Trinajstić information content (AvgIpc) is 2.46. The van der Waals surface area contributed by atoms with Crippen molar-refractivity contribution in [2.45, 2.75) is 19.3 Å². The fourth-order valence-corrected chi connectivity index (χ4v) is 3.03. The van der Waals surface area contributed by atoms with Gasteiger partial charge in [-0.1, -0.05) is 18.2 Å². The number of rotatable bonds is 2. The van der Waals surface area contributed by atoms with Crippen LogP contribution in [0.1, 0.15) is 18.4 Å². The lowest BCUT2D eigenvalue weighted by Crippen LogP contribution is -2.30. The molecule has 19 heavy (non-hydrogen) atoms. The van der Waals surface area contributed by atoms with Gasteiger partial charge in [-0.2, -0.15) is 0 Å². The van der Waals surface area contributed by atoms with Gasteiger partial charge >= 0.3 is 0 Å². The van der Waals surface area contributed by atoms with Crippen LogP contribution >= 0.6 is 0 Å². The zero-order chi connectivity index (χ0) is 13.2. The van der Waals surface area contributed by atoms with Gasteiger partial charge in [-0.3, -0.25) is 4.79 Å². The molecular weight excluding hydrogens is 236 g/mol. The van der Waals surface area contributed by atoms with Crippen molar-refractivity contribution in [1.29, 1.82) is 0 Å². The summed E-state index contributed by atoms with van der Waals surface area (Å²) in [5, 5.41) is 4.53. The van der Waals surface area contributed by atoms with E-state index in [0.29, 0.717) is 5.92 Å². The maximum Gasteiger partial charge on any atom is 0.253 e. The number of fused-ring (bicyclic) bond motifs is 1. The van der Waals surface area contributed by atoms with Crippen molar-refractivity contribution in [3.8, 4) is 0 Å². The van der Waals surface area contributed by atoms with Gasteiger partial charge in [0.2, 0.25) is 0 Å². The minimum atomic E-state index is 0.164. The van der Waals surface area contributed by atoms with E-state index in [4.69, 9.17) is 0 Å². The molecule has 1 aromatic heterocycles. The number of nitrogens with zero attached hydrogens (tertiary/aromatic N) is 1. The Balaban J connectivity index is 1.99. The summed E-state index contributed by atoms with van der Waals surface area (Å²) in [6.45, 7) is 2.16. The number of para-hydroxylation sites is 1. The molecule has 2 heterocycles.